The lowest BCUT2D eigenvalue weighted by Gasteiger charge is -2.08. The number of phenolic OH excluding ortho intramolecular Hbond substituents is 1. The molecule has 2 aromatic rings. The first-order chi connectivity index (χ1) is 10.5. The van der Waals surface area contributed by atoms with Gasteiger partial charge < -0.3 is 15.7 Å². The summed E-state index contributed by atoms with van der Waals surface area (Å²) in [4.78, 5) is 23.0. The standard InChI is InChI=1S/C16H15ClN2O3/c1-10(20)18-9-11-2-4-12(5-3-11)16(22)19-14-8-13(17)6-7-15(14)21/h2-8,21H,9H2,1H3,(H,18,20)(H,19,22). The van der Waals surface area contributed by atoms with E-state index in [4.69, 9.17) is 11.6 Å². The van der Waals surface area contributed by atoms with E-state index in [9.17, 15) is 14.7 Å². The van der Waals surface area contributed by atoms with Crippen LogP contribution in [0.2, 0.25) is 5.02 Å². The van der Waals surface area contributed by atoms with Gasteiger partial charge in [-0.2, -0.15) is 0 Å². The summed E-state index contributed by atoms with van der Waals surface area (Å²) in [5.41, 5.74) is 1.57. The minimum atomic E-state index is -0.358. The van der Waals surface area contributed by atoms with Crippen molar-refractivity contribution >= 4 is 29.1 Å². The Morgan fingerprint density at radius 1 is 1.14 bits per heavy atom. The molecule has 3 N–H and O–H groups in total. The Morgan fingerprint density at radius 3 is 2.45 bits per heavy atom. The number of carbonyl (C=O) groups excluding carboxylic acids is 2. The van der Waals surface area contributed by atoms with Gasteiger partial charge in [0.1, 0.15) is 5.75 Å². The van der Waals surface area contributed by atoms with Crippen LogP contribution in [0.15, 0.2) is 42.5 Å². The van der Waals surface area contributed by atoms with Crippen molar-refractivity contribution in [2.45, 2.75) is 13.5 Å². The maximum absolute atomic E-state index is 12.1. The van der Waals surface area contributed by atoms with Crippen LogP contribution >= 0.6 is 11.6 Å². The quantitative estimate of drug-likeness (QED) is 0.758. The lowest BCUT2D eigenvalue weighted by Crippen LogP contribution is -2.19. The molecule has 0 aliphatic rings. The fourth-order valence-corrected chi connectivity index (χ4v) is 1.98. The number of hydrogen-bond donors (Lipinski definition) is 3. The van der Waals surface area contributed by atoms with Gasteiger partial charge in [0, 0.05) is 24.1 Å². The Morgan fingerprint density at radius 2 is 1.82 bits per heavy atom. The lowest BCUT2D eigenvalue weighted by atomic mass is 10.1. The van der Waals surface area contributed by atoms with Crippen molar-refractivity contribution in [2.75, 3.05) is 5.32 Å². The van der Waals surface area contributed by atoms with Crippen molar-refractivity contribution in [2.24, 2.45) is 0 Å². The topological polar surface area (TPSA) is 78.4 Å². The van der Waals surface area contributed by atoms with Crippen molar-refractivity contribution in [1.29, 1.82) is 0 Å². The number of amides is 2. The first-order valence-corrected chi connectivity index (χ1v) is 6.97. The second-order valence-corrected chi connectivity index (χ2v) is 5.16. The van der Waals surface area contributed by atoms with Gasteiger partial charge in [0.2, 0.25) is 5.91 Å². The summed E-state index contributed by atoms with van der Waals surface area (Å²) in [5, 5.41) is 15.4. The largest absolute Gasteiger partial charge is 0.506 e. The van der Waals surface area contributed by atoms with E-state index in [0.29, 0.717) is 17.1 Å². The number of carbonyl (C=O) groups is 2. The molecule has 0 aliphatic carbocycles. The van der Waals surface area contributed by atoms with E-state index in [1.165, 1.54) is 25.1 Å². The van der Waals surface area contributed by atoms with E-state index in [0.717, 1.165) is 5.56 Å². The molecule has 2 aromatic carbocycles. The Kier molecular flexibility index (Phi) is 5.01. The van der Waals surface area contributed by atoms with E-state index in [-0.39, 0.29) is 23.3 Å². The third-order valence-electron chi connectivity index (χ3n) is 2.96. The highest BCUT2D eigenvalue weighted by Crippen LogP contribution is 2.26. The molecule has 0 unspecified atom stereocenters. The number of phenols is 1. The van der Waals surface area contributed by atoms with Crippen LogP contribution in [-0.2, 0) is 11.3 Å². The molecule has 0 fully saturated rings. The fraction of sp³-hybridized carbons (Fsp3) is 0.125. The lowest BCUT2D eigenvalue weighted by molar-refractivity contribution is -0.119. The van der Waals surface area contributed by atoms with Crippen LogP contribution in [0.3, 0.4) is 0 Å². The van der Waals surface area contributed by atoms with Gasteiger partial charge in [-0.3, -0.25) is 9.59 Å². The van der Waals surface area contributed by atoms with Gasteiger partial charge in [-0.25, -0.2) is 0 Å². The summed E-state index contributed by atoms with van der Waals surface area (Å²) in [5.74, 6) is -0.526. The molecule has 0 saturated heterocycles. The minimum Gasteiger partial charge on any atom is -0.506 e. The number of hydrogen-bond acceptors (Lipinski definition) is 3. The molecule has 0 saturated carbocycles. The first kappa shape index (κ1) is 15.9. The average molecular weight is 319 g/mol. The average Bonchev–Trinajstić information content (AvgIpc) is 2.49. The molecule has 2 rings (SSSR count). The Bertz CT molecular complexity index is 699. The zero-order valence-corrected chi connectivity index (χ0v) is 12.6. The van der Waals surface area contributed by atoms with Crippen LogP contribution < -0.4 is 10.6 Å². The Hall–Kier alpha value is -2.53. The van der Waals surface area contributed by atoms with Gasteiger partial charge in [0.15, 0.2) is 0 Å². The Labute approximate surface area is 132 Å². The van der Waals surface area contributed by atoms with E-state index in [1.807, 2.05) is 0 Å². The third kappa shape index (κ3) is 4.23. The number of nitrogens with one attached hydrogen (secondary N) is 2. The van der Waals surface area contributed by atoms with Gasteiger partial charge in [0.05, 0.1) is 5.69 Å². The van der Waals surface area contributed by atoms with Crippen LogP contribution in [-0.4, -0.2) is 16.9 Å². The number of anilines is 1. The number of rotatable bonds is 4. The highest BCUT2D eigenvalue weighted by atomic mass is 35.5. The van der Waals surface area contributed by atoms with Crippen LogP contribution in [0.4, 0.5) is 5.69 Å². The van der Waals surface area contributed by atoms with Crippen LogP contribution in [0, 0.1) is 0 Å². The summed E-state index contributed by atoms with van der Waals surface area (Å²) in [6.45, 7) is 1.85. The van der Waals surface area contributed by atoms with Gasteiger partial charge in [-0.05, 0) is 35.9 Å². The number of aromatic hydroxyl groups is 1. The molecule has 0 spiro atoms. The second-order valence-electron chi connectivity index (χ2n) is 4.72. The van der Waals surface area contributed by atoms with Crippen molar-refractivity contribution in [3.63, 3.8) is 0 Å². The molecule has 2 amide bonds. The van der Waals surface area contributed by atoms with Gasteiger partial charge in [-0.1, -0.05) is 23.7 Å². The van der Waals surface area contributed by atoms with Crippen LogP contribution in [0.5, 0.6) is 5.75 Å². The number of halogens is 1. The molecule has 0 atom stereocenters. The first-order valence-electron chi connectivity index (χ1n) is 6.59. The zero-order valence-electron chi connectivity index (χ0n) is 11.9. The zero-order chi connectivity index (χ0) is 16.1. The molecular formula is C16H15ClN2O3. The van der Waals surface area contributed by atoms with Gasteiger partial charge >= 0.3 is 0 Å². The van der Waals surface area contributed by atoms with E-state index >= 15 is 0 Å². The smallest absolute Gasteiger partial charge is 0.255 e. The molecular weight excluding hydrogens is 304 g/mol. The summed E-state index contributed by atoms with van der Waals surface area (Å²) in [6, 6.07) is 11.2. The van der Waals surface area contributed by atoms with Crippen molar-refractivity contribution < 1.29 is 14.7 Å². The summed E-state index contributed by atoms with van der Waals surface area (Å²) in [7, 11) is 0. The number of benzene rings is 2. The van der Waals surface area contributed by atoms with Crippen LogP contribution in [0.25, 0.3) is 0 Å². The molecule has 0 bridgehead atoms. The predicted molar refractivity (Wildman–Crippen MR) is 85.0 cm³/mol. The van der Waals surface area contributed by atoms with E-state index in [1.54, 1.807) is 24.3 Å². The minimum absolute atomic E-state index is 0.0555. The van der Waals surface area contributed by atoms with Crippen LogP contribution in [0.1, 0.15) is 22.8 Å². The Balaban J connectivity index is 2.06. The molecule has 0 radical (unpaired) electrons. The molecule has 0 aliphatic heterocycles. The normalized spacial score (nSPS) is 10.1. The fourth-order valence-electron chi connectivity index (χ4n) is 1.80. The molecule has 0 heterocycles. The highest BCUT2D eigenvalue weighted by molar-refractivity contribution is 6.31. The SMILES string of the molecule is CC(=O)NCc1ccc(C(=O)Nc2cc(Cl)ccc2O)cc1. The van der Waals surface area contributed by atoms with Crippen molar-refractivity contribution in [3.05, 3.63) is 58.6 Å². The maximum Gasteiger partial charge on any atom is 0.255 e. The molecule has 5 nitrogen and oxygen atoms in total. The molecule has 0 aromatic heterocycles. The maximum atomic E-state index is 12.1. The molecule has 22 heavy (non-hydrogen) atoms. The highest BCUT2D eigenvalue weighted by Gasteiger charge is 2.09. The molecule has 6 heteroatoms. The van der Waals surface area contributed by atoms with E-state index in [2.05, 4.69) is 10.6 Å². The third-order valence-corrected chi connectivity index (χ3v) is 3.20. The predicted octanol–water partition coefficient (Wildman–Crippen LogP) is 2.93. The van der Waals surface area contributed by atoms with Crippen molar-refractivity contribution in [3.8, 4) is 5.75 Å². The summed E-state index contributed by atoms with van der Waals surface area (Å²) in [6.07, 6.45) is 0. The monoisotopic (exact) mass is 318 g/mol. The van der Waals surface area contributed by atoms with Gasteiger partial charge in [0.25, 0.3) is 5.91 Å². The summed E-state index contributed by atoms with van der Waals surface area (Å²) < 4.78 is 0. The second kappa shape index (κ2) is 6.95. The molecule has 114 valence electrons. The summed E-state index contributed by atoms with van der Waals surface area (Å²) >= 11 is 5.83. The van der Waals surface area contributed by atoms with Gasteiger partial charge in [-0.15, -0.1) is 0 Å². The van der Waals surface area contributed by atoms with Crippen molar-refractivity contribution in [1.82, 2.24) is 5.32 Å². The van der Waals surface area contributed by atoms with E-state index < -0.39 is 0 Å².